The van der Waals surface area contributed by atoms with Crippen LogP contribution in [0.2, 0.25) is 0 Å². The second-order valence-corrected chi connectivity index (χ2v) is 8.43. The zero-order chi connectivity index (χ0) is 25.1. The van der Waals surface area contributed by atoms with E-state index in [0.29, 0.717) is 39.0 Å². The molecule has 2 rings (SSSR count). The van der Waals surface area contributed by atoms with Gasteiger partial charge in [-0.2, -0.15) is 0 Å². The van der Waals surface area contributed by atoms with Gasteiger partial charge in [-0.05, 0) is 51.9 Å². The first-order chi connectivity index (χ1) is 16.2. The van der Waals surface area contributed by atoms with E-state index in [1.807, 2.05) is 13.0 Å². The standard InChI is InChI=1S/C24H34N2O8/c1-3-33-23(31)19(27)15-22(30)26-12-9-18(16-26)17(2)8-4-7-13-34-24(32)20(28)14-21(29)25-10-5-6-11-25/h8,15,18,27H,3-7,9-14,16H2,1-2H3/b17-8+,19-15-. The van der Waals surface area contributed by atoms with Gasteiger partial charge >= 0.3 is 11.9 Å². The van der Waals surface area contributed by atoms with Gasteiger partial charge in [0.15, 0.2) is 0 Å². The number of allylic oxidation sites excluding steroid dienone is 1. The molecule has 2 aliphatic rings. The summed E-state index contributed by atoms with van der Waals surface area (Å²) in [4.78, 5) is 62.5. The minimum Gasteiger partial charge on any atom is -0.502 e. The molecule has 0 spiro atoms. The van der Waals surface area contributed by atoms with Crippen LogP contribution in [-0.2, 0) is 33.4 Å². The fraction of sp³-hybridized carbons (Fsp3) is 0.625. The third-order valence-electron chi connectivity index (χ3n) is 5.93. The summed E-state index contributed by atoms with van der Waals surface area (Å²) in [6.45, 7) is 6.01. The summed E-state index contributed by atoms with van der Waals surface area (Å²) < 4.78 is 9.64. The zero-order valence-electron chi connectivity index (χ0n) is 19.9. The molecular weight excluding hydrogens is 444 g/mol. The normalized spacial score (nSPS) is 18.7. The van der Waals surface area contributed by atoms with E-state index in [2.05, 4.69) is 4.74 Å². The lowest BCUT2D eigenvalue weighted by Crippen LogP contribution is -2.32. The Bertz CT molecular complexity index is 842. The highest BCUT2D eigenvalue weighted by Crippen LogP contribution is 2.24. The molecule has 1 atom stereocenters. The molecule has 10 nitrogen and oxygen atoms in total. The molecule has 1 N–H and O–H groups in total. The number of carbonyl (C=O) groups is 5. The Morgan fingerprint density at radius 1 is 1.00 bits per heavy atom. The Labute approximate surface area is 199 Å². The monoisotopic (exact) mass is 478 g/mol. The van der Waals surface area contributed by atoms with Crippen LogP contribution in [0.4, 0.5) is 0 Å². The van der Waals surface area contributed by atoms with E-state index in [1.165, 1.54) is 0 Å². The van der Waals surface area contributed by atoms with E-state index < -0.39 is 35.8 Å². The van der Waals surface area contributed by atoms with Crippen molar-refractivity contribution in [1.82, 2.24) is 9.80 Å². The molecule has 1 unspecified atom stereocenters. The van der Waals surface area contributed by atoms with Crippen LogP contribution in [-0.4, -0.2) is 83.8 Å². The smallest absolute Gasteiger partial charge is 0.375 e. The molecule has 188 valence electrons. The Morgan fingerprint density at radius 2 is 1.71 bits per heavy atom. The molecule has 0 aromatic rings. The van der Waals surface area contributed by atoms with Crippen molar-refractivity contribution in [2.24, 2.45) is 5.92 Å². The van der Waals surface area contributed by atoms with Crippen LogP contribution in [0.5, 0.6) is 0 Å². The fourth-order valence-electron chi connectivity index (χ4n) is 3.92. The number of esters is 2. The van der Waals surface area contributed by atoms with Gasteiger partial charge in [0.2, 0.25) is 17.4 Å². The summed E-state index contributed by atoms with van der Waals surface area (Å²) in [5.74, 6) is -4.05. The van der Waals surface area contributed by atoms with Crippen molar-refractivity contribution < 1.29 is 38.6 Å². The van der Waals surface area contributed by atoms with Crippen LogP contribution < -0.4 is 0 Å². The summed E-state index contributed by atoms with van der Waals surface area (Å²) in [6, 6.07) is 0. The Morgan fingerprint density at radius 3 is 2.38 bits per heavy atom. The van der Waals surface area contributed by atoms with Gasteiger partial charge in [0, 0.05) is 26.2 Å². The molecule has 0 aromatic heterocycles. The van der Waals surface area contributed by atoms with Gasteiger partial charge in [-0.3, -0.25) is 14.4 Å². The lowest BCUT2D eigenvalue weighted by atomic mass is 9.98. The van der Waals surface area contributed by atoms with Gasteiger partial charge in [-0.15, -0.1) is 0 Å². The summed E-state index contributed by atoms with van der Waals surface area (Å²) in [7, 11) is 0. The average molecular weight is 479 g/mol. The van der Waals surface area contributed by atoms with Crippen molar-refractivity contribution in [3.8, 4) is 0 Å². The third kappa shape index (κ3) is 8.31. The number of carbonyl (C=O) groups excluding carboxylic acids is 5. The van der Waals surface area contributed by atoms with E-state index in [4.69, 9.17) is 4.74 Å². The highest BCUT2D eigenvalue weighted by Gasteiger charge is 2.27. The largest absolute Gasteiger partial charge is 0.502 e. The summed E-state index contributed by atoms with van der Waals surface area (Å²) in [6.07, 6.45) is 6.21. The molecule has 0 aromatic carbocycles. The molecular formula is C24H34N2O8. The predicted octanol–water partition coefficient (Wildman–Crippen LogP) is 1.69. The van der Waals surface area contributed by atoms with Gasteiger partial charge in [0.05, 0.1) is 25.7 Å². The maximum atomic E-state index is 12.3. The second-order valence-electron chi connectivity index (χ2n) is 8.43. The lowest BCUT2D eigenvalue weighted by molar-refractivity contribution is -0.155. The number of aliphatic hydroxyl groups is 1. The number of ketones is 1. The Balaban J connectivity index is 1.67. The molecule has 34 heavy (non-hydrogen) atoms. The van der Waals surface area contributed by atoms with E-state index in [1.54, 1.807) is 16.7 Å². The van der Waals surface area contributed by atoms with E-state index >= 15 is 0 Å². The number of hydrogen-bond acceptors (Lipinski definition) is 8. The molecule has 0 aliphatic carbocycles. The third-order valence-corrected chi connectivity index (χ3v) is 5.93. The van der Waals surface area contributed by atoms with Crippen LogP contribution in [0.15, 0.2) is 23.5 Å². The number of Topliss-reactive ketones (excluding diaryl/α,β-unsaturated/α-hetero) is 1. The first-order valence-electron chi connectivity index (χ1n) is 11.7. The van der Waals surface area contributed by atoms with Crippen LogP contribution in [0.1, 0.15) is 52.4 Å². The van der Waals surface area contributed by atoms with Crippen molar-refractivity contribution in [1.29, 1.82) is 0 Å². The average Bonchev–Trinajstić information content (AvgIpc) is 3.51. The molecule has 2 heterocycles. The highest BCUT2D eigenvalue weighted by molar-refractivity contribution is 6.36. The highest BCUT2D eigenvalue weighted by atomic mass is 16.5. The minimum atomic E-state index is -0.975. The molecule has 2 aliphatic heterocycles. The van der Waals surface area contributed by atoms with Crippen molar-refractivity contribution in [3.63, 3.8) is 0 Å². The van der Waals surface area contributed by atoms with Crippen molar-refractivity contribution in [2.75, 3.05) is 39.4 Å². The Kier molecular flexibility index (Phi) is 10.8. The van der Waals surface area contributed by atoms with Gasteiger partial charge in [0.25, 0.3) is 5.91 Å². The molecule has 2 saturated heterocycles. The van der Waals surface area contributed by atoms with E-state index in [0.717, 1.165) is 30.9 Å². The number of likely N-dealkylation sites (tertiary alicyclic amines) is 2. The maximum Gasteiger partial charge on any atom is 0.375 e. The van der Waals surface area contributed by atoms with Crippen molar-refractivity contribution in [2.45, 2.75) is 52.4 Å². The first kappa shape index (κ1) is 27.1. The molecule has 0 saturated carbocycles. The van der Waals surface area contributed by atoms with Crippen molar-refractivity contribution in [3.05, 3.63) is 23.5 Å². The lowest BCUT2D eigenvalue weighted by Gasteiger charge is -2.15. The zero-order valence-corrected chi connectivity index (χ0v) is 19.9. The maximum absolute atomic E-state index is 12.3. The number of nitrogens with zero attached hydrogens (tertiary/aromatic N) is 2. The van der Waals surface area contributed by atoms with Crippen LogP contribution in [0.3, 0.4) is 0 Å². The van der Waals surface area contributed by atoms with Crippen LogP contribution >= 0.6 is 0 Å². The summed E-state index contributed by atoms with van der Waals surface area (Å²) >= 11 is 0. The minimum absolute atomic E-state index is 0.0828. The Hall–Kier alpha value is -3.17. The van der Waals surface area contributed by atoms with E-state index in [9.17, 15) is 29.1 Å². The number of aliphatic hydroxyl groups excluding tert-OH is 1. The number of ether oxygens (including phenoxy) is 2. The quantitative estimate of drug-likeness (QED) is 0.0903. The topological polar surface area (TPSA) is 131 Å². The molecule has 10 heteroatoms. The molecule has 2 amide bonds. The number of rotatable bonds is 11. The molecule has 2 fully saturated rings. The van der Waals surface area contributed by atoms with Crippen LogP contribution in [0.25, 0.3) is 0 Å². The first-order valence-corrected chi connectivity index (χ1v) is 11.7. The fourth-order valence-corrected chi connectivity index (χ4v) is 3.92. The van der Waals surface area contributed by atoms with Gasteiger partial charge in [-0.25, -0.2) is 9.59 Å². The van der Waals surface area contributed by atoms with Crippen LogP contribution in [0, 0.1) is 5.92 Å². The molecule has 0 radical (unpaired) electrons. The second kappa shape index (κ2) is 13.5. The van der Waals surface area contributed by atoms with Gasteiger partial charge in [0.1, 0.15) is 0 Å². The van der Waals surface area contributed by atoms with Gasteiger partial charge < -0.3 is 24.4 Å². The SMILES string of the molecule is CCOC(=O)/C(O)=C/C(=O)N1CCC(/C(C)=C/CCCOC(=O)C(=O)CC(=O)N2CCCC2)C1. The number of amides is 2. The number of hydrogen-bond donors (Lipinski definition) is 1. The summed E-state index contributed by atoms with van der Waals surface area (Å²) in [5, 5.41) is 9.64. The van der Waals surface area contributed by atoms with E-state index in [-0.39, 0.29) is 25.0 Å². The summed E-state index contributed by atoms with van der Waals surface area (Å²) in [5.41, 5.74) is 1.09. The van der Waals surface area contributed by atoms with Gasteiger partial charge in [-0.1, -0.05) is 11.6 Å². The molecule has 0 bridgehead atoms. The van der Waals surface area contributed by atoms with Crippen molar-refractivity contribution >= 4 is 29.5 Å². The predicted molar refractivity (Wildman–Crippen MR) is 121 cm³/mol. The number of unbranched alkanes of at least 4 members (excludes halogenated alkanes) is 1.